The number of rotatable bonds is 5. The number of carboxylic acid groups (broad SMARTS) is 1. The van der Waals surface area contributed by atoms with Crippen molar-refractivity contribution in [2.75, 3.05) is 24.5 Å². The van der Waals surface area contributed by atoms with Crippen LogP contribution in [0.25, 0.3) is 0 Å². The van der Waals surface area contributed by atoms with E-state index in [1.807, 2.05) is 6.07 Å². The smallest absolute Gasteiger partial charge is 0.416 e. The highest BCUT2D eigenvalue weighted by atomic mass is 16.6. The average Bonchev–Trinajstić information content (AvgIpc) is 2.74. The molecule has 2 aromatic rings. The maximum absolute atomic E-state index is 13.0. The molecule has 1 N–H and O–H groups in total. The van der Waals surface area contributed by atoms with Crippen LogP contribution in [-0.4, -0.2) is 52.8 Å². The minimum atomic E-state index is -0.977. The Balaban J connectivity index is 1.52. The molecule has 0 aliphatic carbocycles. The summed E-state index contributed by atoms with van der Waals surface area (Å²) in [5.74, 6) is -0.0413. The number of hydrogen-bond donors (Lipinski definition) is 1. The summed E-state index contributed by atoms with van der Waals surface area (Å²) in [6, 6.07) is 11.9. The van der Waals surface area contributed by atoms with Crippen molar-refractivity contribution in [1.82, 2.24) is 9.88 Å². The fraction of sp³-hybridized carbons (Fsp3) is 0.381. The lowest BCUT2D eigenvalue weighted by Crippen LogP contribution is -2.53. The Morgan fingerprint density at radius 1 is 1.14 bits per heavy atom. The second kappa shape index (κ2) is 7.98. The summed E-state index contributed by atoms with van der Waals surface area (Å²) in [7, 11) is 0. The van der Waals surface area contributed by atoms with Gasteiger partial charge in [-0.25, -0.2) is 14.6 Å². The minimum absolute atomic E-state index is 0.0874. The van der Waals surface area contributed by atoms with Gasteiger partial charge >= 0.3 is 12.1 Å². The van der Waals surface area contributed by atoms with E-state index in [9.17, 15) is 9.59 Å². The first-order valence-electron chi connectivity index (χ1n) is 9.54. The molecule has 4 heterocycles. The maximum atomic E-state index is 13.0. The lowest BCUT2D eigenvalue weighted by Gasteiger charge is -2.44. The molecule has 3 fully saturated rings. The van der Waals surface area contributed by atoms with Crippen LogP contribution >= 0.6 is 0 Å². The molecule has 0 saturated carbocycles. The van der Waals surface area contributed by atoms with Crippen LogP contribution in [-0.2, 0) is 11.3 Å². The molecular formula is C21H23N3O4. The van der Waals surface area contributed by atoms with Gasteiger partial charge in [-0.2, -0.15) is 0 Å². The number of hydrogen-bond acceptors (Lipinski definition) is 5. The molecule has 7 heteroatoms. The van der Waals surface area contributed by atoms with Crippen molar-refractivity contribution in [3.63, 3.8) is 0 Å². The third kappa shape index (κ3) is 3.99. The van der Waals surface area contributed by atoms with E-state index in [4.69, 9.17) is 9.84 Å². The first-order valence-corrected chi connectivity index (χ1v) is 9.54. The van der Waals surface area contributed by atoms with Gasteiger partial charge in [-0.3, -0.25) is 9.80 Å². The monoisotopic (exact) mass is 381 g/mol. The standard InChI is InChI=1S/C21H23N3O4/c25-20(26)17-6-4-15(5-7-17)13-24(19-3-1-2-10-22-19)21(27)28-18-14-23-11-8-16(18)9-12-23/h1-7,10,16,18H,8-9,11-14H2,(H,25,26)/t18-/m0/s1. The zero-order chi connectivity index (χ0) is 19.5. The lowest BCUT2D eigenvalue weighted by molar-refractivity contribution is -0.0311. The molecule has 0 radical (unpaired) electrons. The summed E-state index contributed by atoms with van der Waals surface area (Å²) in [4.78, 5) is 32.2. The lowest BCUT2D eigenvalue weighted by atomic mass is 9.86. The van der Waals surface area contributed by atoms with E-state index in [-0.39, 0.29) is 18.2 Å². The molecule has 0 spiro atoms. The molecule has 1 aromatic heterocycles. The zero-order valence-electron chi connectivity index (χ0n) is 15.5. The molecule has 1 amide bonds. The molecule has 1 atom stereocenters. The summed E-state index contributed by atoms with van der Waals surface area (Å²) in [5, 5.41) is 9.06. The predicted octanol–water partition coefficient (Wildman–Crippen LogP) is 3.02. The van der Waals surface area contributed by atoms with Gasteiger partial charge in [-0.15, -0.1) is 0 Å². The summed E-state index contributed by atoms with van der Waals surface area (Å²) in [5.41, 5.74) is 1.02. The number of anilines is 1. The Labute approximate surface area is 163 Å². The van der Waals surface area contributed by atoms with E-state index in [0.717, 1.165) is 38.0 Å². The fourth-order valence-electron chi connectivity index (χ4n) is 3.93. The van der Waals surface area contributed by atoms with Gasteiger partial charge in [-0.1, -0.05) is 18.2 Å². The molecule has 0 unspecified atom stereocenters. The number of ether oxygens (including phenoxy) is 1. The molecular weight excluding hydrogens is 358 g/mol. The third-order valence-electron chi connectivity index (χ3n) is 5.54. The number of pyridine rings is 1. The van der Waals surface area contributed by atoms with E-state index in [1.165, 1.54) is 17.0 Å². The van der Waals surface area contributed by atoms with Gasteiger partial charge in [0.1, 0.15) is 11.9 Å². The Kier molecular flexibility index (Phi) is 5.25. The van der Waals surface area contributed by atoms with Crippen LogP contribution < -0.4 is 4.90 Å². The highest BCUT2D eigenvalue weighted by Crippen LogP contribution is 2.30. The van der Waals surface area contributed by atoms with E-state index in [0.29, 0.717) is 11.7 Å². The van der Waals surface area contributed by atoms with E-state index < -0.39 is 12.1 Å². The van der Waals surface area contributed by atoms with Crippen molar-refractivity contribution in [1.29, 1.82) is 0 Å². The first-order chi connectivity index (χ1) is 13.6. The largest absolute Gasteiger partial charge is 0.478 e. The van der Waals surface area contributed by atoms with Crippen LogP contribution in [0.2, 0.25) is 0 Å². The van der Waals surface area contributed by atoms with Gasteiger partial charge in [0.05, 0.1) is 12.1 Å². The van der Waals surface area contributed by atoms with Gasteiger partial charge in [0.25, 0.3) is 0 Å². The van der Waals surface area contributed by atoms with Gasteiger partial charge in [0.2, 0.25) is 0 Å². The summed E-state index contributed by atoms with van der Waals surface area (Å²) >= 11 is 0. The predicted molar refractivity (Wildman–Crippen MR) is 103 cm³/mol. The fourth-order valence-corrected chi connectivity index (χ4v) is 3.93. The molecule has 3 saturated heterocycles. The number of fused-ring (bicyclic) bond motifs is 3. The number of carbonyl (C=O) groups excluding carboxylic acids is 1. The number of amides is 1. The van der Waals surface area contributed by atoms with Crippen molar-refractivity contribution in [2.45, 2.75) is 25.5 Å². The summed E-state index contributed by atoms with van der Waals surface area (Å²) < 4.78 is 5.89. The molecule has 7 nitrogen and oxygen atoms in total. The highest BCUT2D eigenvalue weighted by Gasteiger charge is 2.37. The molecule has 28 heavy (non-hydrogen) atoms. The molecule has 3 aliphatic heterocycles. The number of piperidine rings is 3. The molecule has 146 valence electrons. The number of benzene rings is 1. The van der Waals surface area contributed by atoms with Crippen LogP contribution in [0.3, 0.4) is 0 Å². The quantitative estimate of drug-likeness (QED) is 0.857. The van der Waals surface area contributed by atoms with Gasteiger partial charge in [0.15, 0.2) is 0 Å². The third-order valence-corrected chi connectivity index (χ3v) is 5.54. The average molecular weight is 381 g/mol. The van der Waals surface area contributed by atoms with Crippen LogP contribution in [0.15, 0.2) is 48.7 Å². The van der Waals surface area contributed by atoms with Crippen LogP contribution in [0.5, 0.6) is 0 Å². The Bertz CT molecular complexity index is 832. The van der Waals surface area contributed by atoms with Crippen molar-refractivity contribution in [3.8, 4) is 0 Å². The topological polar surface area (TPSA) is 83.0 Å². The second-order valence-corrected chi connectivity index (χ2v) is 7.34. The highest BCUT2D eigenvalue weighted by molar-refractivity contribution is 5.88. The SMILES string of the molecule is O=C(O)c1ccc(CN(C(=O)O[C@H]2CN3CCC2CC3)c2ccccn2)cc1. The molecule has 3 aliphatic rings. The summed E-state index contributed by atoms with van der Waals surface area (Å²) in [6.07, 6.45) is 3.27. The van der Waals surface area contributed by atoms with Crippen molar-refractivity contribution in [3.05, 3.63) is 59.8 Å². The molecule has 5 rings (SSSR count). The maximum Gasteiger partial charge on any atom is 0.416 e. The molecule has 1 aromatic carbocycles. The Hall–Kier alpha value is -2.93. The van der Waals surface area contributed by atoms with Crippen molar-refractivity contribution < 1.29 is 19.4 Å². The number of aromatic nitrogens is 1. The van der Waals surface area contributed by atoms with Crippen molar-refractivity contribution >= 4 is 17.9 Å². The zero-order valence-corrected chi connectivity index (χ0v) is 15.5. The molecule has 2 bridgehead atoms. The van der Waals surface area contributed by atoms with Crippen LogP contribution in [0, 0.1) is 5.92 Å². The minimum Gasteiger partial charge on any atom is -0.478 e. The van der Waals surface area contributed by atoms with E-state index in [2.05, 4.69) is 9.88 Å². The number of carbonyl (C=O) groups is 2. The van der Waals surface area contributed by atoms with Crippen LogP contribution in [0.1, 0.15) is 28.8 Å². The van der Waals surface area contributed by atoms with Gasteiger partial charge < -0.3 is 9.84 Å². The second-order valence-electron chi connectivity index (χ2n) is 7.34. The first kappa shape index (κ1) is 18.4. The summed E-state index contributed by atoms with van der Waals surface area (Å²) in [6.45, 7) is 3.22. The Morgan fingerprint density at radius 2 is 1.89 bits per heavy atom. The number of carboxylic acids is 1. The van der Waals surface area contributed by atoms with Crippen molar-refractivity contribution in [2.24, 2.45) is 5.92 Å². The van der Waals surface area contributed by atoms with Gasteiger partial charge in [-0.05, 0) is 61.7 Å². The number of aromatic carboxylic acids is 1. The Morgan fingerprint density at radius 3 is 2.46 bits per heavy atom. The van der Waals surface area contributed by atoms with E-state index in [1.54, 1.807) is 30.5 Å². The van der Waals surface area contributed by atoms with Gasteiger partial charge in [0, 0.05) is 12.7 Å². The normalized spacial score (nSPS) is 23.2. The van der Waals surface area contributed by atoms with Crippen LogP contribution in [0.4, 0.5) is 10.6 Å². The van der Waals surface area contributed by atoms with E-state index >= 15 is 0 Å². The number of nitrogens with zero attached hydrogens (tertiary/aromatic N) is 3.